The minimum Gasteiger partial charge on any atom is -0.361 e. The van der Waals surface area contributed by atoms with Gasteiger partial charge in [-0.15, -0.1) is 0 Å². The maximum absolute atomic E-state index is 12.6. The number of anilines is 1. The lowest BCUT2D eigenvalue weighted by molar-refractivity contribution is -0.139. The number of hydrogen-bond donors (Lipinski definition) is 2. The summed E-state index contributed by atoms with van der Waals surface area (Å²) in [4.78, 5) is 31.0. The van der Waals surface area contributed by atoms with Crippen LogP contribution in [0.25, 0.3) is 0 Å². The molecule has 0 bridgehead atoms. The van der Waals surface area contributed by atoms with E-state index in [0.717, 1.165) is 11.4 Å². The second-order valence-electron chi connectivity index (χ2n) is 6.10. The molecular weight excluding hydrogens is 322 g/mol. The van der Waals surface area contributed by atoms with E-state index in [1.165, 1.54) is 0 Å². The lowest BCUT2D eigenvalue weighted by atomic mass is 10.1. The van der Waals surface area contributed by atoms with E-state index in [4.69, 9.17) is 4.52 Å². The van der Waals surface area contributed by atoms with Crippen molar-refractivity contribution in [1.29, 1.82) is 0 Å². The van der Waals surface area contributed by atoms with Gasteiger partial charge in [0.2, 0.25) is 11.8 Å². The normalized spacial score (nSPS) is 17.4. The number of pyridine rings is 1. The second-order valence-corrected chi connectivity index (χ2v) is 6.10. The van der Waals surface area contributed by atoms with Crippen LogP contribution in [0.1, 0.15) is 17.1 Å². The topological polar surface area (TPSA) is 100 Å². The minimum absolute atomic E-state index is 0.0940. The molecule has 8 heteroatoms. The number of carbonyl (C=O) groups is 2. The highest BCUT2D eigenvalue weighted by atomic mass is 16.5. The molecule has 0 spiro atoms. The van der Waals surface area contributed by atoms with E-state index in [-0.39, 0.29) is 18.2 Å². The van der Waals surface area contributed by atoms with Crippen molar-refractivity contribution in [2.75, 3.05) is 25.0 Å². The number of rotatable bonds is 4. The molecule has 132 valence electrons. The summed E-state index contributed by atoms with van der Waals surface area (Å²) >= 11 is 0. The van der Waals surface area contributed by atoms with Crippen LogP contribution in [0.4, 0.5) is 5.69 Å². The number of hydrogen-bond acceptors (Lipinski definition) is 6. The smallest absolute Gasteiger partial charge is 0.248 e. The Labute approximate surface area is 145 Å². The number of piperazine rings is 1. The van der Waals surface area contributed by atoms with Crippen LogP contribution in [0, 0.1) is 13.8 Å². The summed E-state index contributed by atoms with van der Waals surface area (Å²) in [6, 6.07) is 4.77. The molecule has 2 amide bonds. The van der Waals surface area contributed by atoms with Crippen molar-refractivity contribution in [3.05, 3.63) is 41.5 Å². The van der Waals surface area contributed by atoms with Crippen LogP contribution >= 0.6 is 0 Å². The van der Waals surface area contributed by atoms with E-state index < -0.39 is 6.04 Å². The van der Waals surface area contributed by atoms with Crippen LogP contribution in [0.15, 0.2) is 28.9 Å². The van der Waals surface area contributed by atoms with Crippen molar-refractivity contribution >= 4 is 17.5 Å². The molecule has 1 aliphatic rings. The third-order valence-electron chi connectivity index (χ3n) is 4.05. The molecule has 1 fully saturated rings. The molecule has 1 atom stereocenters. The molecule has 2 N–H and O–H groups in total. The van der Waals surface area contributed by atoms with Gasteiger partial charge in [0.1, 0.15) is 11.8 Å². The van der Waals surface area contributed by atoms with E-state index in [9.17, 15) is 9.59 Å². The zero-order chi connectivity index (χ0) is 17.8. The van der Waals surface area contributed by atoms with Crippen molar-refractivity contribution in [3.8, 4) is 0 Å². The van der Waals surface area contributed by atoms with Gasteiger partial charge in [-0.3, -0.25) is 14.6 Å². The molecule has 1 saturated heterocycles. The van der Waals surface area contributed by atoms with Gasteiger partial charge in [0.25, 0.3) is 0 Å². The predicted octanol–water partition coefficient (Wildman–Crippen LogP) is 0.668. The van der Waals surface area contributed by atoms with Gasteiger partial charge in [-0.1, -0.05) is 5.16 Å². The summed E-state index contributed by atoms with van der Waals surface area (Å²) in [5, 5.41) is 9.77. The summed E-state index contributed by atoms with van der Waals surface area (Å²) in [6.07, 6.45) is 1.70. The number of amides is 2. The quantitative estimate of drug-likeness (QED) is 0.846. The summed E-state index contributed by atoms with van der Waals surface area (Å²) in [5.74, 6) is 0.114. The predicted molar refractivity (Wildman–Crippen MR) is 90.9 cm³/mol. The second kappa shape index (κ2) is 7.43. The van der Waals surface area contributed by atoms with E-state index >= 15 is 0 Å². The Morgan fingerprint density at radius 1 is 1.36 bits per heavy atom. The fourth-order valence-electron chi connectivity index (χ4n) is 2.75. The Morgan fingerprint density at radius 3 is 2.88 bits per heavy atom. The molecule has 0 radical (unpaired) electrons. The number of carbonyl (C=O) groups excluding carboxylic acids is 2. The van der Waals surface area contributed by atoms with Gasteiger partial charge in [0.05, 0.1) is 24.0 Å². The van der Waals surface area contributed by atoms with Crippen molar-refractivity contribution in [2.24, 2.45) is 0 Å². The average Bonchev–Trinajstić information content (AvgIpc) is 3.01. The number of nitrogens with zero attached hydrogens (tertiary/aromatic N) is 3. The third-order valence-corrected chi connectivity index (χ3v) is 4.05. The summed E-state index contributed by atoms with van der Waals surface area (Å²) < 4.78 is 5.11. The Morgan fingerprint density at radius 2 is 2.20 bits per heavy atom. The lowest BCUT2D eigenvalue weighted by Crippen LogP contribution is -2.58. The molecule has 0 unspecified atom stereocenters. The SMILES string of the molecule is Cc1ccc(NC(=O)[C@H]2CNCCN2C(=O)Cc2cc(C)no2)cn1. The van der Waals surface area contributed by atoms with Crippen LogP contribution in [-0.4, -0.2) is 52.5 Å². The van der Waals surface area contributed by atoms with Crippen LogP contribution in [-0.2, 0) is 16.0 Å². The van der Waals surface area contributed by atoms with Crippen LogP contribution in [0.2, 0.25) is 0 Å². The largest absolute Gasteiger partial charge is 0.361 e. The fourth-order valence-corrected chi connectivity index (χ4v) is 2.75. The number of nitrogens with one attached hydrogen (secondary N) is 2. The summed E-state index contributed by atoms with van der Waals surface area (Å²) in [5.41, 5.74) is 2.21. The van der Waals surface area contributed by atoms with Crippen LogP contribution < -0.4 is 10.6 Å². The monoisotopic (exact) mass is 343 g/mol. The van der Waals surface area contributed by atoms with Gasteiger partial charge in [-0.2, -0.15) is 0 Å². The molecule has 2 aromatic rings. The van der Waals surface area contributed by atoms with Gasteiger partial charge in [-0.25, -0.2) is 0 Å². The average molecular weight is 343 g/mol. The molecule has 8 nitrogen and oxygen atoms in total. The molecule has 0 saturated carbocycles. The van der Waals surface area contributed by atoms with E-state index in [1.54, 1.807) is 30.2 Å². The minimum atomic E-state index is -0.577. The Bertz CT molecular complexity index is 756. The third kappa shape index (κ3) is 4.21. The first-order valence-corrected chi connectivity index (χ1v) is 8.19. The standard InChI is InChI=1S/C17H21N5O3/c1-11-3-4-13(9-19-11)20-17(24)15-10-18-5-6-22(15)16(23)8-14-7-12(2)21-25-14/h3-4,7,9,15,18H,5-6,8,10H2,1-2H3,(H,20,24)/t15-/m1/s1. The Balaban J connectivity index is 1.68. The molecule has 3 rings (SSSR count). The summed E-state index contributed by atoms with van der Waals surface area (Å²) in [7, 11) is 0. The maximum Gasteiger partial charge on any atom is 0.248 e. The van der Waals surface area contributed by atoms with Gasteiger partial charge >= 0.3 is 0 Å². The van der Waals surface area contributed by atoms with Crippen molar-refractivity contribution in [2.45, 2.75) is 26.3 Å². The molecule has 25 heavy (non-hydrogen) atoms. The molecule has 3 heterocycles. The van der Waals surface area contributed by atoms with Crippen molar-refractivity contribution < 1.29 is 14.1 Å². The van der Waals surface area contributed by atoms with Crippen LogP contribution in [0.3, 0.4) is 0 Å². The Kier molecular flexibility index (Phi) is 5.08. The van der Waals surface area contributed by atoms with Gasteiger partial charge in [0.15, 0.2) is 0 Å². The van der Waals surface area contributed by atoms with E-state index in [2.05, 4.69) is 20.8 Å². The molecular formula is C17H21N5O3. The van der Waals surface area contributed by atoms with Crippen LogP contribution in [0.5, 0.6) is 0 Å². The highest BCUT2D eigenvalue weighted by Crippen LogP contribution is 2.13. The number of aryl methyl sites for hydroxylation is 2. The van der Waals surface area contributed by atoms with Crippen molar-refractivity contribution in [3.63, 3.8) is 0 Å². The summed E-state index contributed by atoms with van der Waals surface area (Å²) in [6.45, 7) is 5.20. The molecule has 0 aromatic carbocycles. The fraction of sp³-hybridized carbons (Fsp3) is 0.412. The zero-order valence-electron chi connectivity index (χ0n) is 14.3. The Hall–Kier alpha value is -2.74. The van der Waals surface area contributed by atoms with E-state index in [1.807, 2.05) is 13.0 Å². The first-order valence-electron chi connectivity index (χ1n) is 8.19. The first kappa shape index (κ1) is 17.1. The maximum atomic E-state index is 12.6. The van der Waals surface area contributed by atoms with Gasteiger partial charge in [0, 0.05) is 31.4 Å². The first-order chi connectivity index (χ1) is 12.0. The molecule has 1 aliphatic heterocycles. The van der Waals surface area contributed by atoms with Gasteiger partial charge in [-0.05, 0) is 26.0 Å². The van der Waals surface area contributed by atoms with Gasteiger partial charge < -0.3 is 20.1 Å². The molecule has 0 aliphatic carbocycles. The highest BCUT2D eigenvalue weighted by Gasteiger charge is 2.32. The highest BCUT2D eigenvalue weighted by molar-refractivity contribution is 5.97. The lowest BCUT2D eigenvalue weighted by Gasteiger charge is -2.35. The number of aromatic nitrogens is 2. The van der Waals surface area contributed by atoms with E-state index in [0.29, 0.717) is 31.1 Å². The molecule has 2 aromatic heterocycles. The zero-order valence-corrected chi connectivity index (χ0v) is 14.3. The van der Waals surface area contributed by atoms with Crippen molar-refractivity contribution in [1.82, 2.24) is 20.4 Å².